The van der Waals surface area contributed by atoms with Gasteiger partial charge >= 0.3 is 0 Å². The summed E-state index contributed by atoms with van der Waals surface area (Å²) in [5, 5.41) is 3.90. The van der Waals surface area contributed by atoms with Crippen molar-refractivity contribution in [1.29, 1.82) is 0 Å². The standard InChI is InChI=1S/C14H18FN3OS/c1-10(16)5-4-8-14-17-13(18-19-14)9-20-12-7-3-2-6-11(12)15/h2-3,6-7,10H,4-5,8-9,16H2,1H3. The largest absolute Gasteiger partial charge is 0.339 e. The van der Waals surface area contributed by atoms with E-state index in [1.54, 1.807) is 18.2 Å². The van der Waals surface area contributed by atoms with Crippen molar-refractivity contribution in [3.63, 3.8) is 0 Å². The van der Waals surface area contributed by atoms with E-state index in [4.69, 9.17) is 10.3 Å². The molecule has 0 amide bonds. The smallest absolute Gasteiger partial charge is 0.226 e. The third-order valence-electron chi connectivity index (χ3n) is 2.75. The Kier molecular flexibility index (Phi) is 5.55. The maximum absolute atomic E-state index is 13.4. The van der Waals surface area contributed by atoms with E-state index in [0.29, 0.717) is 22.4 Å². The summed E-state index contributed by atoms with van der Waals surface area (Å²) < 4.78 is 18.6. The van der Waals surface area contributed by atoms with Crippen LogP contribution in [-0.4, -0.2) is 16.2 Å². The molecular weight excluding hydrogens is 277 g/mol. The van der Waals surface area contributed by atoms with Gasteiger partial charge in [0.05, 0.1) is 5.75 Å². The SMILES string of the molecule is CC(N)CCCc1nc(CSc2ccccc2F)no1. The Morgan fingerprint density at radius 3 is 2.95 bits per heavy atom. The van der Waals surface area contributed by atoms with Gasteiger partial charge in [0.1, 0.15) is 5.82 Å². The lowest BCUT2D eigenvalue weighted by molar-refractivity contribution is 0.369. The average molecular weight is 295 g/mol. The van der Waals surface area contributed by atoms with Crippen LogP contribution in [0.4, 0.5) is 4.39 Å². The van der Waals surface area contributed by atoms with Crippen LogP contribution in [-0.2, 0) is 12.2 Å². The maximum atomic E-state index is 13.4. The molecule has 0 aliphatic rings. The number of nitrogens with zero attached hydrogens (tertiary/aromatic N) is 2. The van der Waals surface area contributed by atoms with Crippen LogP contribution in [0.3, 0.4) is 0 Å². The molecule has 2 N–H and O–H groups in total. The molecule has 4 nitrogen and oxygen atoms in total. The molecule has 1 unspecified atom stereocenters. The van der Waals surface area contributed by atoms with Crippen molar-refractivity contribution in [3.8, 4) is 0 Å². The van der Waals surface area contributed by atoms with E-state index >= 15 is 0 Å². The summed E-state index contributed by atoms with van der Waals surface area (Å²) in [7, 11) is 0. The number of aromatic nitrogens is 2. The number of thioether (sulfide) groups is 1. The second-order valence-corrected chi connectivity index (χ2v) is 5.71. The number of nitrogens with two attached hydrogens (primary N) is 1. The third-order valence-corrected chi connectivity index (χ3v) is 3.80. The number of rotatable bonds is 7. The summed E-state index contributed by atoms with van der Waals surface area (Å²) in [5.74, 6) is 1.49. The van der Waals surface area contributed by atoms with E-state index < -0.39 is 0 Å². The minimum absolute atomic E-state index is 0.189. The molecular formula is C14H18FN3OS. The highest BCUT2D eigenvalue weighted by Gasteiger charge is 2.08. The van der Waals surface area contributed by atoms with Gasteiger partial charge in [-0.05, 0) is 31.9 Å². The number of benzene rings is 1. The van der Waals surface area contributed by atoms with Crippen molar-refractivity contribution in [2.24, 2.45) is 5.73 Å². The van der Waals surface area contributed by atoms with Gasteiger partial charge in [0.2, 0.25) is 5.89 Å². The van der Waals surface area contributed by atoms with Crippen molar-refractivity contribution >= 4 is 11.8 Å². The van der Waals surface area contributed by atoms with E-state index in [-0.39, 0.29) is 11.9 Å². The van der Waals surface area contributed by atoms with Crippen molar-refractivity contribution in [2.75, 3.05) is 0 Å². The second-order valence-electron chi connectivity index (χ2n) is 4.69. The van der Waals surface area contributed by atoms with Gasteiger partial charge in [-0.1, -0.05) is 17.3 Å². The molecule has 0 fully saturated rings. The Labute approximate surface area is 121 Å². The average Bonchev–Trinajstić information content (AvgIpc) is 2.85. The van der Waals surface area contributed by atoms with Gasteiger partial charge in [-0.2, -0.15) is 4.98 Å². The van der Waals surface area contributed by atoms with E-state index in [0.717, 1.165) is 19.3 Å². The highest BCUT2D eigenvalue weighted by Crippen LogP contribution is 2.24. The summed E-state index contributed by atoms with van der Waals surface area (Å²) in [5.41, 5.74) is 5.68. The van der Waals surface area contributed by atoms with Crippen molar-refractivity contribution in [3.05, 3.63) is 41.8 Å². The van der Waals surface area contributed by atoms with Gasteiger partial charge in [-0.3, -0.25) is 0 Å². The lowest BCUT2D eigenvalue weighted by Crippen LogP contribution is -2.14. The third kappa shape index (κ3) is 4.61. The maximum Gasteiger partial charge on any atom is 0.226 e. The molecule has 1 heterocycles. The molecule has 0 spiro atoms. The number of hydrogen-bond donors (Lipinski definition) is 1. The van der Waals surface area contributed by atoms with Gasteiger partial charge in [0, 0.05) is 17.4 Å². The van der Waals surface area contributed by atoms with Crippen LogP contribution in [0.1, 0.15) is 31.5 Å². The summed E-state index contributed by atoms with van der Waals surface area (Å²) in [4.78, 5) is 4.88. The molecule has 0 radical (unpaired) electrons. The summed E-state index contributed by atoms with van der Waals surface area (Å²) in [6.07, 6.45) is 2.60. The van der Waals surface area contributed by atoms with E-state index in [9.17, 15) is 4.39 Å². The molecule has 108 valence electrons. The van der Waals surface area contributed by atoms with Gasteiger partial charge in [0.15, 0.2) is 5.82 Å². The topological polar surface area (TPSA) is 64.9 Å². The van der Waals surface area contributed by atoms with E-state index in [1.165, 1.54) is 17.8 Å². The monoisotopic (exact) mass is 295 g/mol. The minimum Gasteiger partial charge on any atom is -0.339 e. The van der Waals surface area contributed by atoms with Crippen molar-refractivity contribution < 1.29 is 8.91 Å². The zero-order valence-corrected chi connectivity index (χ0v) is 12.2. The molecule has 0 bridgehead atoms. The molecule has 0 saturated heterocycles. The molecule has 2 rings (SSSR count). The van der Waals surface area contributed by atoms with Crippen LogP contribution >= 0.6 is 11.8 Å². The Bertz CT molecular complexity index is 545. The fourth-order valence-electron chi connectivity index (χ4n) is 1.73. The van der Waals surface area contributed by atoms with Gasteiger partial charge in [-0.15, -0.1) is 11.8 Å². The Morgan fingerprint density at radius 2 is 2.20 bits per heavy atom. The highest BCUT2D eigenvalue weighted by atomic mass is 32.2. The molecule has 0 saturated carbocycles. The van der Waals surface area contributed by atoms with E-state index in [2.05, 4.69) is 10.1 Å². The Hall–Kier alpha value is -1.40. The predicted octanol–water partition coefficient (Wildman–Crippen LogP) is 3.17. The normalized spacial score (nSPS) is 12.6. The molecule has 1 aromatic carbocycles. The zero-order valence-electron chi connectivity index (χ0n) is 11.4. The molecule has 6 heteroatoms. The fraction of sp³-hybridized carbons (Fsp3) is 0.429. The van der Waals surface area contributed by atoms with Gasteiger partial charge < -0.3 is 10.3 Å². The molecule has 0 aliphatic heterocycles. The first kappa shape index (κ1) is 15.0. The van der Waals surface area contributed by atoms with Crippen LogP contribution in [0.5, 0.6) is 0 Å². The second kappa shape index (κ2) is 7.40. The molecule has 20 heavy (non-hydrogen) atoms. The van der Waals surface area contributed by atoms with Crippen LogP contribution in [0.25, 0.3) is 0 Å². The fourth-order valence-corrected chi connectivity index (χ4v) is 2.51. The lowest BCUT2D eigenvalue weighted by atomic mass is 10.1. The Balaban J connectivity index is 1.82. The summed E-state index contributed by atoms with van der Waals surface area (Å²) in [6, 6.07) is 6.85. The molecule has 0 aliphatic carbocycles. The highest BCUT2D eigenvalue weighted by molar-refractivity contribution is 7.98. The number of hydrogen-bond acceptors (Lipinski definition) is 5. The molecule has 1 aromatic heterocycles. The van der Waals surface area contributed by atoms with Crippen LogP contribution in [0.2, 0.25) is 0 Å². The zero-order chi connectivity index (χ0) is 14.4. The van der Waals surface area contributed by atoms with Crippen LogP contribution in [0, 0.1) is 5.82 Å². The van der Waals surface area contributed by atoms with E-state index in [1.807, 2.05) is 6.92 Å². The van der Waals surface area contributed by atoms with Crippen LogP contribution < -0.4 is 5.73 Å². The predicted molar refractivity (Wildman–Crippen MR) is 76.8 cm³/mol. The van der Waals surface area contributed by atoms with Crippen LogP contribution in [0.15, 0.2) is 33.7 Å². The quantitative estimate of drug-likeness (QED) is 0.795. The molecule has 1 atom stereocenters. The Morgan fingerprint density at radius 1 is 1.40 bits per heavy atom. The van der Waals surface area contributed by atoms with Crippen molar-refractivity contribution in [1.82, 2.24) is 10.1 Å². The minimum atomic E-state index is -0.224. The lowest BCUT2D eigenvalue weighted by Gasteiger charge is -2.01. The number of halogens is 1. The summed E-state index contributed by atoms with van der Waals surface area (Å²) >= 11 is 1.36. The first-order valence-corrected chi connectivity index (χ1v) is 7.58. The van der Waals surface area contributed by atoms with Crippen molar-refractivity contribution in [2.45, 2.75) is 42.9 Å². The van der Waals surface area contributed by atoms with Gasteiger partial charge in [-0.25, -0.2) is 4.39 Å². The number of aryl methyl sites for hydroxylation is 1. The molecule has 2 aromatic rings. The first-order valence-electron chi connectivity index (χ1n) is 6.59. The van der Waals surface area contributed by atoms with Gasteiger partial charge in [0.25, 0.3) is 0 Å². The first-order chi connectivity index (χ1) is 9.65. The summed E-state index contributed by atoms with van der Waals surface area (Å²) in [6.45, 7) is 1.98.